The first-order valence-electron chi connectivity index (χ1n) is 7.33. The van der Waals surface area contributed by atoms with Crippen molar-refractivity contribution in [1.29, 1.82) is 0 Å². The van der Waals surface area contributed by atoms with Crippen LogP contribution in [0.3, 0.4) is 0 Å². The van der Waals surface area contributed by atoms with Crippen molar-refractivity contribution in [2.75, 3.05) is 0 Å². The topological polar surface area (TPSA) is 39.2 Å². The van der Waals surface area contributed by atoms with E-state index in [0.29, 0.717) is 22.3 Å². The van der Waals surface area contributed by atoms with E-state index in [1.54, 1.807) is 11.3 Å². The van der Waals surface area contributed by atoms with Gasteiger partial charge in [-0.25, -0.2) is 4.98 Å². The molecule has 2 aromatic rings. The number of carbonyl (C=O) groups is 1. The summed E-state index contributed by atoms with van der Waals surface area (Å²) >= 11 is 8.90. The highest BCUT2D eigenvalue weighted by Crippen LogP contribution is 2.42. The largest absolute Gasteiger partial charge is 0.490 e. The lowest BCUT2D eigenvalue weighted by atomic mass is 10.1. The highest BCUT2D eigenvalue weighted by molar-refractivity contribution is 8.05. The number of nitrogens with zero attached hydrogens (tertiary/aromatic N) is 1. The Kier molecular flexibility index (Phi) is 4.85. The zero-order valence-corrected chi connectivity index (χ0v) is 15.7. The zero-order valence-electron chi connectivity index (χ0n) is 13.3. The standard InChI is InChI=1S/C18H16ClNO2S2/c1-11-15(21)8-16(18(2,3)24-11)22-9-14-10-23-17(20-14)12-4-6-13(19)7-5-12/h4-8,10H,1,9H2,2-3H3. The number of thioether (sulfide) groups is 1. The van der Waals surface area contributed by atoms with Gasteiger partial charge in [-0.05, 0) is 26.0 Å². The maximum Gasteiger partial charge on any atom is 0.194 e. The van der Waals surface area contributed by atoms with Crippen LogP contribution in [0.1, 0.15) is 19.5 Å². The number of halogens is 1. The van der Waals surface area contributed by atoms with E-state index < -0.39 is 0 Å². The summed E-state index contributed by atoms with van der Waals surface area (Å²) in [4.78, 5) is 17.0. The van der Waals surface area contributed by atoms with Crippen LogP contribution in [0, 0.1) is 0 Å². The second kappa shape index (κ2) is 6.75. The number of hydrogen-bond acceptors (Lipinski definition) is 5. The highest BCUT2D eigenvalue weighted by atomic mass is 35.5. The molecule has 24 heavy (non-hydrogen) atoms. The summed E-state index contributed by atoms with van der Waals surface area (Å²) in [6.07, 6.45) is 1.53. The quantitative estimate of drug-likeness (QED) is 0.662. The molecule has 2 heterocycles. The Morgan fingerprint density at radius 1 is 1.29 bits per heavy atom. The van der Waals surface area contributed by atoms with Gasteiger partial charge < -0.3 is 4.74 Å². The summed E-state index contributed by atoms with van der Waals surface area (Å²) in [6.45, 7) is 8.14. The second-order valence-electron chi connectivity index (χ2n) is 5.85. The van der Waals surface area contributed by atoms with Crippen molar-refractivity contribution in [3.63, 3.8) is 0 Å². The Hall–Kier alpha value is -1.56. The molecule has 0 amide bonds. The van der Waals surface area contributed by atoms with E-state index in [1.165, 1.54) is 17.8 Å². The average molecular weight is 378 g/mol. The Balaban J connectivity index is 1.71. The van der Waals surface area contributed by atoms with Gasteiger partial charge in [-0.3, -0.25) is 4.79 Å². The molecule has 0 saturated heterocycles. The van der Waals surface area contributed by atoms with Crippen LogP contribution in [0.2, 0.25) is 5.02 Å². The molecule has 3 nitrogen and oxygen atoms in total. The number of benzene rings is 1. The van der Waals surface area contributed by atoms with Crippen molar-refractivity contribution < 1.29 is 9.53 Å². The normalized spacial score (nSPS) is 16.9. The summed E-state index contributed by atoms with van der Waals surface area (Å²) in [6, 6.07) is 7.58. The van der Waals surface area contributed by atoms with Crippen molar-refractivity contribution in [3.05, 3.63) is 63.7 Å². The lowest BCUT2D eigenvalue weighted by Crippen LogP contribution is -2.26. The van der Waals surface area contributed by atoms with Crippen LogP contribution in [-0.2, 0) is 16.1 Å². The lowest BCUT2D eigenvalue weighted by molar-refractivity contribution is -0.111. The fraction of sp³-hybridized carbons (Fsp3) is 0.222. The number of thiazole rings is 1. The van der Waals surface area contributed by atoms with Gasteiger partial charge in [0, 0.05) is 26.9 Å². The smallest absolute Gasteiger partial charge is 0.194 e. The molecule has 1 aliphatic heterocycles. The molecule has 124 valence electrons. The number of aromatic nitrogens is 1. The SMILES string of the molecule is C=C1SC(C)(C)C(OCc2csc(-c3ccc(Cl)cc3)n2)=CC1=O. The molecule has 0 radical (unpaired) electrons. The monoisotopic (exact) mass is 377 g/mol. The number of allylic oxidation sites excluding steroid dienone is 2. The van der Waals surface area contributed by atoms with Crippen LogP contribution < -0.4 is 0 Å². The minimum Gasteiger partial charge on any atom is -0.490 e. The van der Waals surface area contributed by atoms with Crippen LogP contribution in [-0.4, -0.2) is 15.5 Å². The van der Waals surface area contributed by atoms with Crippen molar-refractivity contribution in [2.45, 2.75) is 25.2 Å². The van der Waals surface area contributed by atoms with Gasteiger partial charge in [0.15, 0.2) is 5.78 Å². The molecular formula is C18H16ClNO2S2. The third-order valence-electron chi connectivity index (χ3n) is 3.53. The molecule has 0 aliphatic carbocycles. The molecule has 1 aromatic heterocycles. The molecule has 0 fully saturated rings. The number of ether oxygens (including phenoxy) is 1. The Bertz CT molecular complexity index is 822. The number of rotatable bonds is 4. The Morgan fingerprint density at radius 3 is 2.71 bits per heavy atom. The van der Waals surface area contributed by atoms with E-state index in [1.807, 2.05) is 43.5 Å². The van der Waals surface area contributed by atoms with Crippen LogP contribution >= 0.6 is 34.7 Å². The fourth-order valence-corrected chi connectivity index (χ4v) is 4.18. The molecule has 3 rings (SSSR count). The summed E-state index contributed by atoms with van der Waals surface area (Å²) in [7, 11) is 0. The van der Waals surface area contributed by atoms with Crippen LogP contribution in [0.5, 0.6) is 0 Å². The van der Waals surface area contributed by atoms with Gasteiger partial charge in [0.05, 0.1) is 10.4 Å². The summed E-state index contributed by atoms with van der Waals surface area (Å²) in [5.41, 5.74) is 1.86. The number of ketones is 1. The lowest BCUT2D eigenvalue weighted by Gasteiger charge is -2.30. The number of carbonyl (C=O) groups excluding carboxylic acids is 1. The molecule has 6 heteroatoms. The first-order chi connectivity index (χ1) is 11.3. The second-order valence-corrected chi connectivity index (χ2v) is 8.86. The van der Waals surface area contributed by atoms with Gasteiger partial charge in [-0.2, -0.15) is 0 Å². The average Bonchev–Trinajstić information content (AvgIpc) is 2.99. The van der Waals surface area contributed by atoms with E-state index in [9.17, 15) is 4.79 Å². The van der Waals surface area contributed by atoms with Crippen molar-refractivity contribution in [1.82, 2.24) is 4.98 Å². The van der Waals surface area contributed by atoms with Gasteiger partial charge in [0.1, 0.15) is 17.4 Å². The van der Waals surface area contributed by atoms with Gasteiger partial charge in [-0.15, -0.1) is 23.1 Å². The minimum absolute atomic E-state index is 0.0885. The molecule has 1 aliphatic rings. The Morgan fingerprint density at radius 2 is 2.00 bits per heavy atom. The molecule has 0 bridgehead atoms. The molecule has 0 unspecified atom stereocenters. The van der Waals surface area contributed by atoms with E-state index in [2.05, 4.69) is 11.6 Å². The molecular weight excluding hydrogens is 362 g/mol. The molecule has 0 N–H and O–H groups in total. The predicted molar refractivity (Wildman–Crippen MR) is 101 cm³/mol. The van der Waals surface area contributed by atoms with E-state index in [4.69, 9.17) is 16.3 Å². The summed E-state index contributed by atoms with van der Waals surface area (Å²) in [5.74, 6) is 0.570. The van der Waals surface area contributed by atoms with Crippen molar-refractivity contribution in [2.24, 2.45) is 0 Å². The van der Waals surface area contributed by atoms with Gasteiger partial charge in [0.2, 0.25) is 0 Å². The molecule has 0 saturated carbocycles. The van der Waals surface area contributed by atoms with E-state index in [-0.39, 0.29) is 10.5 Å². The van der Waals surface area contributed by atoms with Crippen LogP contribution in [0.25, 0.3) is 10.6 Å². The zero-order chi connectivity index (χ0) is 17.3. The molecule has 0 spiro atoms. The third kappa shape index (κ3) is 3.74. The van der Waals surface area contributed by atoms with Gasteiger partial charge in [-0.1, -0.05) is 30.3 Å². The minimum atomic E-state index is -0.306. The summed E-state index contributed by atoms with van der Waals surface area (Å²) in [5, 5.41) is 3.59. The first-order valence-corrected chi connectivity index (χ1v) is 9.40. The predicted octanol–water partition coefficient (Wildman–Crippen LogP) is 5.47. The van der Waals surface area contributed by atoms with E-state index >= 15 is 0 Å². The third-order valence-corrected chi connectivity index (χ3v) is 5.88. The maximum atomic E-state index is 11.8. The highest BCUT2D eigenvalue weighted by Gasteiger charge is 2.33. The van der Waals surface area contributed by atoms with E-state index in [0.717, 1.165) is 16.3 Å². The molecule has 0 atom stereocenters. The number of hydrogen-bond donors (Lipinski definition) is 0. The van der Waals surface area contributed by atoms with Crippen molar-refractivity contribution >= 4 is 40.5 Å². The molecule has 1 aromatic carbocycles. The van der Waals surface area contributed by atoms with Crippen LogP contribution in [0.4, 0.5) is 0 Å². The van der Waals surface area contributed by atoms with Gasteiger partial charge in [0.25, 0.3) is 0 Å². The Labute approximate surface area is 154 Å². The van der Waals surface area contributed by atoms with Gasteiger partial charge >= 0.3 is 0 Å². The first kappa shape index (κ1) is 17.3. The fourth-order valence-electron chi connectivity index (χ4n) is 2.25. The van der Waals surface area contributed by atoms with Crippen LogP contribution in [0.15, 0.2) is 53.0 Å². The maximum absolute atomic E-state index is 11.8. The summed E-state index contributed by atoms with van der Waals surface area (Å²) < 4.78 is 5.57. The van der Waals surface area contributed by atoms with Crippen molar-refractivity contribution in [3.8, 4) is 10.6 Å².